The van der Waals surface area contributed by atoms with Crippen molar-refractivity contribution in [2.75, 3.05) is 4.90 Å². The number of aryl methyl sites for hydroxylation is 4. The monoisotopic (exact) mass is 850 g/mol. The van der Waals surface area contributed by atoms with Gasteiger partial charge in [0.15, 0.2) is 0 Å². The van der Waals surface area contributed by atoms with Crippen LogP contribution in [0.1, 0.15) is 175 Å². The van der Waals surface area contributed by atoms with E-state index in [4.69, 9.17) is 0 Å². The maximum absolute atomic E-state index is 2.53. The Hall–Kier alpha value is -5.14. The first-order valence-corrected chi connectivity index (χ1v) is 25.0. The Balaban J connectivity index is 0.000000213. The number of fused-ring (bicyclic) bond motifs is 3. The van der Waals surface area contributed by atoms with E-state index in [0.29, 0.717) is 0 Å². The SMILES string of the molecule is CCCCCCCCC1(CCCCCCCC)c2cc(C)ccc2-c2ccc(C)cc21.Cc1ccc(N(c2ccc(C)cc2)c2ccc(/C=C/c3ccc(C(C)(C)C)cc3)cc2)cc1. The molecule has 1 aliphatic rings. The Bertz CT molecular complexity index is 2240. The summed E-state index contributed by atoms with van der Waals surface area (Å²) in [5.74, 6) is 0. The van der Waals surface area contributed by atoms with E-state index in [1.807, 2.05) is 0 Å². The van der Waals surface area contributed by atoms with Crippen molar-refractivity contribution in [3.63, 3.8) is 0 Å². The minimum Gasteiger partial charge on any atom is -0.311 e. The van der Waals surface area contributed by atoms with Crippen LogP contribution in [0.3, 0.4) is 0 Å². The van der Waals surface area contributed by atoms with Gasteiger partial charge in [0, 0.05) is 22.5 Å². The number of nitrogens with zero attached hydrogens (tertiary/aromatic N) is 1. The van der Waals surface area contributed by atoms with Crippen molar-refractivity contribution in [1.29, 1.82) is 0 Å². The van der Waals surface area contributed by atoms with Gasteiger partial charge in [0.1, 0.15) is 0 Å². The first kappa shape index (κ1) is 48.3. The smallest absolute Gasteiger partial charge is 0.0462 e. The number of unbranched alkanes of at least 4 members (excludes halogenated alkanes) is 10. The van der Waals surface area contributed by atoms with Gasteiger partial charge in [-0.1, -0.05) is 243 Å². The molecule has 0 aliphatic heterocycles. The van der Waals surface area contributed by atoms with Gasteiger partial charge in [0.2, 0.25) is 0 Å². The van der Waals surface area contributed by atoms with Crippen molar-refractivity contribution in [1.82, 2.24) is 0 Å². The molecule has 336 valence electrons. The first-order valence-electron chi connectivity index (χ1n) is 25.0. The van der Waals surface area contributed by atoms with Crippen LogP contribution in [0.15, 0.2) is 133 Å². The minimum atomic E-state index is 0.179. The quantitative estimate of drug-likeness (QED) is 0.0580. The molecule has 0 fully saturated rings. The minimum absolute atomic E-state index is 0.179. The summed E-state index contributed by atoms with van der Waals surface area (Å²) in [6.45, 7) is 20.2. The van der Waals surface area contributed by atoms with Crippen molar-refractivity contribution < 1.29 is 0 Å². The van der Waals surface area contributed by atoms with Crippen LogP contribution in [-0.4, -0.2) is 0 Å². The lowest BCUT2D eigenvalue weighted by Crippen LogP contribution is -2.25. The zero-order chi connectivity index (χ0) is 45.5. The van der Waals surface area contributed by atoms with Crippen LogP contribution in [0, 0.1) is 27.7 Å². The molecule has 0 saturated heterocycles. The molecule has 0 heterocycles. The molecule has 0 spiro atoms. The second-order valence-corrected chi connectivity index (χ2v) is 20.0. The van der Waals surface area contributed by atoms with Crippen LogP contribution in [0.5, 0.6) is 0 Å². The van der Waals surface area contributed by atoms with E-state index in [0.717, 1.165) is 17.1 Å². The molecule has 0 radical (unpaired) electrons. The van der Waals surface area contributed by atoms with Crippen molar-refractivity contribution in [2.24, 2.45) is 0 Å². The Morgan fingerprint density at radius 1 is 0.406 bits per heavy atom. The lowest BCUT2D eigenvalue weighted by Gasteiger charge is -2.33. The van der Waals surface area contributed by atoms with Crippen LogP contribution in [0.2, 0.25) is 0 Å². The van der Waals surface area contributed by atoms with Crippen molar-refractivity contribution in [3.8, 4) is 11.1 Å². The van der Waals surface area contributed by atoms with Crippen molar-refractivity contribution >= 4 is 29.2 Å². The summed E-state index contributed by atoms with van der Waals surface area (Å²) in [4.78, 5) is 2.30. The highest BCUT2D eigenvalue weighted by atomic mass is 15.1. The fourth-order valence-corrected chi connectivity index (χ4v) is 9.66. The van der Waals surface area contributed by atoms with Crippen LogP contribution < -0.4 is 4.90 Å². The maximum atomic E-state index is 2.53. The topological polar surface area (TPSA) is 3.24 Å². The summed E-state index contributed by atoms with van der Waals surface area (Å²) >= 11 is 0. The first-order chi connectivity index (χ1) is 30.9. The number of hydrogen-bond donors (Lipinski definition) is 0. The van der Waals surface area contributed by atoms with Gasteiger partial charge in [-0.25, -0.2) is 0 Å². The van der Waals surface area contributed by atoms with Gasteiger partial charge in [-0.05, 0) is 121 Å². The van der Waals surface area contributed by atoms with Crippen LogP contribution in [-0.2, 0) is 10.8 Å². The molecule has 0 atom stereocenters. The van der Waals surface area contributed by atoms with Gasteiger partial charge in [-0.2, -0.15) is 0 Å². The van der Waals surface area contributed by atoms with Crippen LogP contribution in [0.4, 0.5) is 17.1 Å². The van der Waals surface area contributed by atoms with Crippen molar-refractivity contribution in [3.05, 3.63) is 184 Å². The van der Waals surface area contributed by atoms with E-state index in [9.17, 15) is 0 Å². The van der Waals surface area contributed by atoms with E-state index in [1.165, 1.54) is 140 Å². The van der Waals surface area contributed by atoms with Crippen LogP contribution in [0.25, 0.3) is 23.3 Å². The van der Waals surface area contributed by atoms with Gasteiger partial charge in [-0.15, -0.1) is 0 Å². The molecule has 0 N–H and O–H groups in total. The van der Waals surface area contributed by atoms with Gasteiger partial charge in [0.05, 0.1) is 0 Å². The summed E-state index contributed by atoms with van der Waals surface area (Å²) in [5, 5.41) is 0. The lowest BCUT2D eigenvalue weighted by atomic mass is 9.70. The third-order valence-electron chi connectivity index (χ3n) is 13.6. The molecule has 0 bridgehead atoms. The zero-order valence-corrected chi connectivity index (χ0v) is 41.2. The summed E-state index contributed by atoms with van der Waals surface area (Å²) in [7, 11) is 0. The molecule has 1 nitrogen and oxygen atoms in total. The molecular formula is C63H79N. The molecule has 1 heteroatoms. The average molecular weight is 850 g/mol. The average Bonchev–Trinajstić information content (AvgIpc) is 3.54. The third-order valence-corrected chi connectivity index (χ3v) is 13.6. The molecular weight excluding hydrogens is 771 g/mol. The number of hydrogen-bond acceptors (Lipinski definition) is 1. The third kappa shape index (κ3) is 12.8. The van der Waals surface area contributed by atoms with E-state index in [2.05, 4.69) is 213 Å². The Kier molecular flexibility index (Phi) is 17.5. The Labute approximate surface area is 390 Å². The highest BCUT2D eigenvalue weighted by Gasteiger charge is 2.42. The highest BCUT2D eigenvalue weighted by Crippen LogP contribution is 2.54. The van der Waals surface area contributed by atoms with E-state index < -0.39 is 0 Å². The standard InChI is InChI=1S/C32H33N.C31H46/c1-24-6-18-29(19-7-24)33(30-20-8-25(2)9-21-30)31-22-14-27(15-23-31)11-10-26-12-16-28(17-13-26)32(3,4)5;1-5-7-9-11-13-15-21-31(22-16-14-12-10-8-6-2)29-23-25(3)17-19-27(29)28-20-18-26(4)24-30(28)31/h6-23H,1-5H3;17-20,23-24H,5-16,21-22H2,1-4H3/b11-10+;. The summed E-state index contributed by atoms with van der Waals surface area (Å²) < 4.78 is 0. The Morgan fingerprint density at radius 2 is 0.750 bits per heavy atom. The van der Waals surface area contributed by atoms with E-state index >= 15 is 0 Å². The molecule has 0 aromatic heterocycles. The molecule has 0 amide bonds. The van der Waals surface area contributed by atoms with Gasteiger partial charge >= 0.3 is 0 Å². The maximum Gasteiger partial charge on any atom is 0.0462 e. The normalized spacial score (nSPS) is 12.8. The molecule has 6 aromatic carbocycles. The predicted octanol–water partition coefficient (Wildman–Crippen LogP) is 19.3. The molecule has 6 aromatic rings. The zero-order valence-electron chi connectivity index (χ0n) is 41.2. The van der Waals surface area contributed by atoms with E-state index in [-0.39, 0.29) is 10.8 Å². The number of benzene rings is 6. The summed E-state index contributed by atoms with van der Waals surface area (Å²) in [5.41, 5.74) is 19.3. The lowest BCUT2D eigenvalue weighted by molar-refractivity contribution is 0.397. The van der Waals surface area contributed by atoms with Crippen LogP contribution >= 0.6 is 0 Å². The van der Waals surface area contributed by atoms with Gasteiger partial charge < -0.3 is 4.90 Å². The molecule has 64 heavy (non-hydrogen) atoms. The van der Waals surface area contributed by atoms with Gasteiger partial charge in [-0.3, -0.25) is 0 Å². The number of anilines is 3. The van der Waals surface area contributed by atoms with Crippen molar-refractivity contribution in [2.45, 2.75) is 163 Å². The summed E-state index contributed by atoms with van der Waals surface area (Å²) in [6.07, 6.45) is 23.6. The van der Waals surface area contributed by atoms with E-state index in [1.54, 1.807) is 11.1 Å². The largest absolute Gasteiger partial charge is 0.311 e. The molecule has 1 aliphatic carbocycles. The predicted molar refractivity (Wildman–Crippen MR) is 283 cm³/mol. The Morgan fingerprint density at radius 3 is 1.14 bits per heavy atom. The molecule has 7 rings (SSSR count). The highest BCUT2D eigenvalue weighted by molar-refractivity contribution is 5.82. The fourth-order valence-electron chi connectivity index (χ4n) is 9.66. The molecule has 0 saturated carbocycles. The summed E-state index contributed by atoms with van der Waals surface area (Å²) in [6, 6.07) is 49.5. The second kappa shape index (κ2) is 23.2. The van der Waals surface area contributed by atoms with Gasteiger partial charge in [0.25, 0.3) is 0 Å². The number of rotatable bonds is 19. The fraction of sp³-hybridized carbons (Fsp3) is 0.397. The molecule has 0 unspecified atom stereocenters. The second-order valence-electron chi connectivity index (χ2n) is 20.0.